The lowest BCUT2D eigenvalue weighted by Crippen LogP contribution is -2.50. The number of carbonyl (C=O) groups excluding carboxylic acids is 2. The topological polar surface area (TPSA) is 70.2 Å². The Morgan fingerprint density at radius 1 is 1.38 bits per heavy atom. The van der Waals surface area contributed by atoms with Crippen molar-refractivity contribution in [3.8, 4) is 0 Å². The van der Waals surface area contributed by atoms with Gasteiger partial charge in [-0.05, 0) is 31.9 Å². The number of anilines is 1. The average Bonchev–Trinajstić information content (AvgIpc) is 2.45. The molecule has 1 saturated heterocycles. The van der Waals surface area contributed by atoms with Gasteiger partial charge in [-0.25, -0.2) is 8.78 Å². The van der Waals surface area contributed by atoms with Crippen LogP contribution in [0.4, 0.5) is 14.5 Å². The molecule has 0 radical (unpaired) electrons. The molecule has 0 spiro atoms. The summed E-state index contributed by atoms with van der Waals surface area (Å²) in [6, 6.07) is 1.25. The normalized spacial score (nSPS) is 18.0. The Hall–Kier alpha value is -2.18. The molecule has 1 aliphatic heterocycles. The predicted octanol–water partition coefficient (Wildman–Crippen LogP) is 1.40. The fraction of sp³-hybridized carbons (Fsp3) is 0.429. The van der Waals surface area contributed by atoms with Crippen LogP contribution >= 0.6 is 0 Å². The van der Waals surface area contributed by atoms with E-state index in [9.17, 15) is 18.4 Å². The summed E-state index contributed by atoms with van der Waals surface area (Å²) in [5, 5.41) is 7.66. The first-order chi connectivity index (χ1) is 10.0. The standard InChI is InChI=1S/C14H17F2N3O2/c1-2-17-12-9(15)6-8(7-10(12)16)13(20)19-11-4-3-5-18-14(11)21/h6-7,11,17H,2-5H2,1H3,(H,18,21)(H,19,20). The number of benzene rings is 1. The van der Waals surface area contributed by atoms with Crippen molar-refractivity contribution in [3.63, 3.8) is 0 Å². The van der Waals surface area contributed by atoms with Crippen LogP contribution in [-0.2, 0) is 4.79 Å². The van der Waals surface area contributed by atoms with E-state index in [4.69, 9.17) is 0 Å². The maximum absolute atomic E-state index is 13.8. The summed E-state index contributed by atoms with van der Waals surface area (Å²) in [6.07, 6.45) is 1.26. The Labute approximate surface area is 121 Å². The smallest absolute Gasteiger partial charge is 0.252 e. The quantitative estimate of drug-likeness (QED) is 0.787. The van der Waals surface area contributed by atoms with Gasteiger partial charge in [-0.15, -0.1) is 0 Å². The van der Waals surface area contributed by atoms with Crippen LogP contribution in [0.1, 0.15) is 30.1 Å². The van der Waals surface area contributed by atoms with Crippen LogP contribution in [0, 0.1) is 11.6 Å². The van der Waals surface area contributed by atoms with E-state index in [0.29, 0.717) is 19.5 Å². The minimum absolute atomic E-state index is 0.148. The van der Waals surface area contributed by atoms with Gasteiger partial charge >= 0.3 is 0 Å². The highest BCUT2D eigenvalue weighted by molar-refractivity contribution is 5.98. The second kappa shape index (κ2) is 6.51. The van der Waals surface area contributed by atoms with Gasteiger partial charge in [0, 0.05) is 18.7 Å². The molecular weight excluding hydrogens is 280 g/mol. The second-order valence-corrected chi connectivity index (χ2v) is 4.80. The van der Waals surface area contributed by atoms with Gasteiger partial charge in [-0.1, -0.05) is 0 Å². The molecule has 3 N–H and O–H groups in total. The number of amides is 2. The van der Waals surface area contributed by atoms with Gasteiger partial charge in [0.05, 0.1) is 0 Å². The number of halogens is 2. The van der Waals surface area contributed by atoms with E-state index in [2.05, 4.69) is 16.0 Å². The molecule has 1 heterocycles. The molecule has 0 aliphatic carbocycles. The number of hydrogen-bond donors (Lipinski definition) is 3. The van der Waals surface area contributed by atoms with Crippen LogP contribution < -0.4 is 16.0 Å². The maximum Gasteiger partial charge on any atom is 0.252 e. The van der Waals surface area contributed by atoms with Gasteiger partial charge in [0.1, 0.15) is 23.4 Å². The van der Waals surface area contributed by atoms with Gasteiger partial charge in [0.15, 0.2) is 0 Å². The van der Waals surface area contributed by atoms with Crippen molar-refractivity contribution in [2.75, 3.05) is 18.4 Å². The van der Waals surface area contributed by atoms with Crippen LogP contribution in [0.25, 0.3) is 0 Å². The molecule has 1 unspecified atom stereocenters. The third-order valence-corrected chi connectivity index (χ3v) is 3.25. The minimum Gasteiger partial charge on any atom is -0.381 e. The highest BCUT2D eigenvalue weighted by Crippen LogP contribution is 2.20. The zero-order valence-corrected chi connectivity index (χ0v) is 11.6. The van der Waals surface area contributed by atoms with Crippen LogP contribution in [0.15, 0.2) is 12.1 Å². The van der Waals surface area contributed by atoms with E-state index in [0.717, 1.165) is 18.6 Å². The number of carbonyl (C=O) groups is 2. The number of nitrogens with one attached hydrogen (secondary N) is 3. The zero-order valence-electron chi connectivity index (χ0n) is 11.6. The zero-order chi connectivity index (χ0) is 15.4. The molecule has 1 fully saturated rings. The van der Waals surface area contributed by atoms with Gasteiger partial charge in [0.2, 0.25) is 5.91 Å². The van der Waals surface area contributed by atoms with E-state index >= 15 is 0 Å². The van der Waals surface area contributed by atoms with Crippen molar-refractivity contribution < 1.29 is 18.4 Å². The third-order valence-electron chi connectivity index (χ3n) is 3.25. The molecule has 7 heteroatoms. The number of hydrogen-bond acceptors (Lipinski definition) is 3. The van der Waals surface area contributed by atoms with Gasteiger partial charge in [0.25, 0.3) is 5.91 Å². The highest BCUT2D eigenvalue weighted by atomic mass is 19.1. The lowest BCUT2D eigenvalue weighted by atomic mass is 10.1. The molecule has 0 aromatic heterocycles. The first-order valence-electron chi connectivity index (χ1n) is 6.84. The molecule has 21 heavy (non-hydrogen) atoms. The van der Waals surface area contributed by atoms with Crippen LogP contribution in [0.5, 0.6) is 0 Å². The minimum atomic E-state index is -0.838. The highest BCUT2D eigenvalue weighted by Gasteiger charge is 2.24. The Bertz CT molecular complexity index is 540. The van der Waals surface area contributed by atoms with E-state index < -0.39 is 23.6 Å². The lowest BCUT2D eigenvalue weighted by Gasteiger charge is -2.22. The van der Waals surface area contributed by atoms with Crippen molar-refractivity contribution in [2.24, 2.45) is 0 Å². The molecule has 0 bridgehead atoms. The maximum atomic E-state index is 13.8. The van der Waals surface area contributed by atoms with Crippen LogP contribution in [0.3, 0.4) is 0 Å². The summed E-state index contributed by atoms with van der Waals surface area (Å²) in [7, 11) is 0. The van der Waals surface area contributed by atoms with Crippen LogP contribution in [0.2, 0.25) is 0 Å². The SMILES string of the molecule is CCNc1c(F)cc(C(=O)NC2CCCNC2=O)cc1F. The summed E-state index contributed by atoms with van der Waals surface area (Å²) in [4.78, 5) is 23.5. The Morgan fingerprint density at radius 2 is 2.05 bits per heavy atom. The monoisotopic (exact) mass is 297 g/mol. The van der Waals surface area contributed by atoms with Gasteiger partial charge in [-0.2, -0.15) is 0 Å². The fourth-order valence-corrected chi connectivity index (χ4v) is 2.20. The van der Waals surface area contributed by atoms with Crippen molar-refractivity contribution in [1.29, 1.82) is 0 Å². The second-order valence-electron chi connectivity index (χ2n) is 4.80. The van der Waals surface area contributed by atoms with Crippen molar-refractivity contribution in [2.45, 2.75) is 25.8 Å². The molecule has 1 atom stereocenters. The van der Waals surface area contributed by atoms with Crippen molar-refractivity contribution in [1.82, 2.24) is 10.6 Å². The molecule has 5 nitrogen and oxygen atoms in total. The van der Waals surface area contributed by atoms with Crippen LogP contribution in [-0.4, -0.2) is 30.9 Å². The summed E-state index contributed by atoms with van der Waals surface area (Å²) in [5.41, 5.74) is -0.408. The van der Waals surface area contributed by atoms with E-state index in [1.54, 1.807) is 6.92 Å². The molecule has 0 saturated carbocycles. The largest absolute Gasteiger partial charge is 0.381 e. The molecule has 114 valence electrons. The molecule has 2 amide bonds. The van der Waals surface area contributed by atoms with Crippen molar-refractivity contribution in [3.05, 3.63) is 29.3 Å². The van der Waals surface area contributed by atoms with Gasteiger partial charge in [-0.3, -0.25) is 9.59 Å². The number of piperidine rings is 1. The molecule has 1 aromatic rings. The molecule has 1 aliphatic rings. The third kappa shape index (κ3) is 3.48. The van der Waals surface area contributed by atoms with Gasteiger partial charge < -0.3 is 16.0 Å². The summed E-state index contributed by atoms with van der Waals surface area (Å²) >= 11 is 0. The molecular formula is C14H17F2N3O2. The average molecular weight is 297 g/mol. The first kappa shape index (κ1) is 15.2. The van der Waals surface area contributed by atoms with Crippen molar-refractivity contribution >= 4 is 17.5 Å². The van der Waals surface area contributed by atoms with E-state index in [1.165, 1.54) is 0 Å². The Morgan fingerprint density at radius 3 is 2.62 bits per heavy atom. The summed E-state index contributed by atoms with van der Waals surface area (Å²) in [6.45, 7) is 2.65. The fourth-order valence-electron chi connectivity index (χ4n) is 2.20. The summed E-state index contributed by atoms with van der Waals surface area (Å²) in [5.74, 6) is -2.62. The van der Waals surface area contributed by atoms with E-state index in [-0.39, 0.29) is 17.2 Å². The molecule has 1 aromatic carbocycles. The van der Waals surface area contributed by atoms with E-state index in [1.807, 2.05) is 0 Å². The number of rotatable bonds is 4. The Kier molecular flexibility index (Phi) is 4.72. The molecule has 2 rings (SSSR count). The predicted molar refractivity (Wildman–Crippen MR) is 74.0 cm³/mol. The summed E-state index contributed by atoms with van der Waals surface area (Å²) < 4.78 is 27.5. The first-order valence-corrected chi connectivity index (χ1v) is 6.84. The Balaban J connectivity index is 2.14. The lowest BCUT2D eigenvalue weighted by molar-refractivity contribution is -0.124.